The van der Waals surface area contributed by atoms with Crippen molar-refractivity contribution >= 4 is 12.0 Å². The van der Waals surface area contributed by atoms with E-state index in [0.717, 1.165) is 6.07 Å². The summed E-state index contributed by atoms with van der Waals surface area (Å²) in [4.78, 5) is 22.5. The van der Waals surface area contributed by atoms with E-state index in [2.05, 4.69) is 14.9 Å². The van der Waals surface area contributed by atoms with Crippen LogP contribution in [-0.4, -0.2) is 25.2 Å². The van der Waals surface area contributed by atoms with Crippen molar-refractivity contribution in [3.05, 3.63) is 29.8 Å². The predicted octanol–water partition coefficient (Wildman–Crippen LogP) is 1.68. The Bertz CT molecular complexity index is 454. The van der Waals surface area contributed by atoms with Gasteiger partial charge in [-0.3, -0.25) is 10.2 Å². The van der Waals surface area contributed by atoms with Crippen LogP contribution in [0, 0.1) is 0 Å². The number of rotatable bonds is 4. The summed E-state index contributed by atoms with van der Waals surface area (Å²) in [5, 5.41) is 0. The van der Waals surface area contributed by atoms with Crippen molar-refractivity contribution in [3.63, 3.8) is 0 Å². The number of nitrogens with one attached hydrogen (secondary N) is 2. The Labute approximate surface area is 107 Å². The van der Waals surface area contributed by atoms with E-state index in [1.54, 1.807) is 6.92 Å². The zero-order valence-electron chi connectivity index (χ0n) is 9.98. The number of halogens is 2. The van der Waals surface area contributed by atoms with Gasteiger partial charge in [0, 0.05) is 5.56 Å². The van der Waals surface area contributed by atoms with E-state index >= 15 is 0 Å². The highest BCUT2D eigenvalue weighted by molar-refractivity contribution is 5.95. The predicted molar refractivity (Wildman–Crippen MR) is 60.7 cm³/mol. The van der Waals surface area contributed by atoms with Crippen molar-refractivity contribution < 1.29 is 27.8 Å². The van der Waals surface area contributed by atoms with Crippen LogP contribution in [0.15, 0.2) is 24.3 Å². The molecule has 1 aromatic carbocycles. The lowest BCUT2D eigenvalue weighted by Gasteiger charge is -2.08. The van der Waals surface area contributed by atoms with E-state index in [0.29, 0.717) is 0 Å². The molecule has 0 aromatic heterocycles. The molecule has 6 nitrogen and oxygen atoms in total. The average Bonchev–Trinajstić information content (AvgIpc) is 2.36. The number of carbonyl (C=O) groups is 2. The smallest absolute Gasteiger partial charge is 0.426 e. The molecule has 104 valence electrons. The number of benzene rings is 1. The molecule has 0 fully saturated rings. The fraction of sp³-hybridized carbons (Fsp3) is 0.273. The Kier molecular flexibility index (Phi) is 5.52. The van der Waals surface area contributed by atoms with Gasteiger partial charge in [-0.05, 0) is 25.1 Å². The largest absolute Gasteiger partial charge is 0.449 e. The van der Waals surface area contributed by atoms with Gasteiger partial charge < -0.3 is 9.47 Å². The number of ether oxygens (including phenoxy) is 2. The highest BCUT2D eigenvalue weighted by Gasteiger charge is 2.10. The topological polar surface area (TPSA) is 76.7 Å². The lowest BCUT2D eigenvalue weighted by atomic mass is 10.2. The van der Waals surface area contributed by atoms with Crippen molar-refractivity contribution in [2.75, 3.05) is 6.61 Å². The van der Waals surface area contributed by atoms with Gasteiger partial charge in [0.05, 0.1) is 6.61 Å². The first-order valence-corrected chi connectivity index (χ1v) is 5.31. The molecule has 1 rings (SSSR count). The van der Waals surface area contributed by atoms with Crippen LogP contribution >= 0.6 is 0 Å². The number of carbonyl (C=O) groups excluding carboxylic acids is 2. The van der Waals surface area contributed by atoms with Gasteiger partial charge in [-0.25, -0.2) is 10.2 Å². The van der Waals surface area contributed by atoms with Crippen molar-refractivity contribution in [2.45, 2.75) is 13.5 Å². The second-order valence-corrected chi connectivity index (χ2v) is 3.21. The first kappa shape index (κ1) is 14.7. The first-order chi connectivity index (χ1) is 9.02. The fourth-order valence-electron chi connectivity index (χ4n) is 1.16. The lowest BCUT2D eigenvalue weighted by molar-refractivity contribution is -0.0498. The number of hydrogen-bond acceptors (Lipinski definition) is 4. The summed E-state index contributed by atoms with van der Waals surface area (Å²) in [7, 11) is 0. The van der Waals surface area contributed by atoms with Crippen molar-refractivity contribution in [2.24, 2.45) is 0 Å². The van der Waals surface area contributed by atoms with Gasteiger partial charge in [-0.15, -0.1) is 0 Å². The van der Waals surface area contributed by atoms with Gasteiger partial charge in [0.1, 0.15) is 5.75 Å². The zero-order valence-corrected chi connectivity index (χ0v) is 9.98. The molecule has 0 unspecified atom stereocenters. The lowest BCUT2D eigenvalue weighted by Crippen LogP contribution is -2.41. The summed E-state index contributed by atoms with van der Waals surface area (Å²) in [6.45, 7) is -1.22. The highest BCUT2D eigenvalue weighted by Crippen LogP contribution is 2.15. The Morgan fingerprint density at radius 2 is 2.05 bits per heavy atom. The third-order valence-electron chi connectivity index (χ3n) is 1.87. The average molecular weight is 274 g/mol. The van der Waals surface area contributed by atoms with Crippen LogP contribution in [-0.2, 0) is 4.74 Å². The van der Waals surface area contributed by atoms with Crippen molar-refractivity contribution in [3.8, 4) is 5.75 Å². The molecule has 0 saturated carbocycles. The Hall–Kier alpha value is -2.38. The molecule has 0 aliphatic rings. The van der Waals surface area contributed by atoms with Crippen molar-refractivity contribution in [1.82, 2.24) is 10.9 Å². The molecular formula is C11H12F2N2O4. The second kappa shape index (κ2) is 7.14. The maximum Gasteiger partial charge on any atom is 0.426 e. The van der Waals surface area contributed by atoms with Gasteiger partial charge in [-0.2, -0.15) is 8.78 Å². The Morgan fingerprint density at radius 3 is 2.68 bits per heavy atom. The van der Waals surface area contributed by atoms with Crippen LogP contribution in [0.4, 0.5) is 13.6 Å². The maximum absolute atomic E-state index is 12.0. The van der Waals surface area contributed by atoms with E-state index in [-0.39, 0.29) is 17.9 Å². The molecule has 0 heterocycles. The molecule has 0 aliphatic carbocycles. The normalized spacial score (nSPS) is 9.89. The van der Waals surface area contributed by atoms with Gasteiger partial charge in [-0.1, -0.05) is 6.07 Å². The summed E-state index contributed by atoms with van der Waals surface area (Å²) in [6.07, 6.45) is -0.823. The number of amides is 2. The second-order valence-electron chi connectivity index (χ2n) is 3.21. The monoisotopic (exact) mass is 274 g/mol. The van der Waals surface area contributed by atoms with Gasteiger partial charge in [0.2, 0.25) is 0 Å². The third-order valence-corrected chi connectivity index (χ3v) is 1.87. The summed E-state index contributed by atoms with van der Waals surface area (Å²) >= 11 is 0. The SMILES string of the molecule is CCOC(=O)NNC(=O)c1cccc(OC(F)F)c1. The van der Waals surface area contributed by atoms with E-state index in [1.807, 2.05) is 5.43 Å². The molecular weight excluding hydrogens is 262 g/mol. The number of hydrazine groups is 1. The first-order valence-electron chi connectivity index (χ1n) is 5.31. The molecule has 8 heteroatoms. The summed E-state index contributed by atoms with van der Waals surface area (Å²) in [5.74, 6) is -0.841. The van der Waals surface area contributed by atoms with E-state index in [1.165, 1.54) is 18.2 Å². The molecule has 0 bridgehead atoms. The highest BCUT2D eigenvalue weighted by atomic mass is 19.3. The molecule has 0 aliphatic heterocycles. The quantitative estimate of drug-likeness (QED) is 0.819. The molecule has 0 atom stereocenters. The van der Waals surface area contributed by atoms with Gasteiger partial charge in [0.15, 0.2) is 0 Å². The molecule has 1 aromatic rings. The van der Waals surface area contributed by atoms with Crippen LogP contribution in [0.1, 0.15) is 17.3 Å². The molecule has 19 heavy (non-hydrogen) atoms. The molecule has 0 saturated heterocycles. The van der Waals surface area contributed by atoms with Crippen LogP contribution in [0.3, 0.4) is 0 Å². The van der Waals surface area contributed by atoms with Crippen molar-refractivity contribution in [1.29, 1.82) is 0 Å². The minimum atomic E-state index is -2.98. The fourth-order valence-corrected chi connectivity index (χ4v) is 1.16. The molecule has 0 spiro atoms. The van der Waals surface area contributed by atoms with E-state index in [9.17, 15) is 18.4 Å². The minimum Gasteiger partial charge on any atom is -0.449 e. The number of alkyl halides is 2. The van der Waals surface area contributed by atoms with E-state index in [4.69, 9.17) is 0 Å². The van der Waals surface area contributed by atoms with Gasteiger partial charge in [0.25, 0.3) is 5.91 Å². The third kappa shape index (κ3) is 5.19. The molecule has 2 amide bonds. The summed E-state index contributed by atoms with van der Waals surface area (Å²) in [6, 6.07) is 5.15. The van der Waals surface area contributed by atoms with Crippen LogP contribution in [0.2, 0.25) is 0 Å². The zero-order chi connectivity index (χ0) is 14.3. The van der Waals surface area contributed by atoms with Gasteiger partial charge >= 0.3 is 12.7 Å². The minimum absolute atomic E-state index is 0.0509. The Balaban J connectivity index is 2.59. The maximum atomic E-state index is 12.0. The standard InChI is InChI=1S/C11H12F2N2O4/c1-2-18-11(17)15-14-9(16)7-4-3-5-8(6-7)19-10(12)13/h3-6,10H,2H2,1H3,(H,14,16)(H,15,17). The molecule has 2 N–H and O–H groups in total. The number of hydrogen-bond donors (Lipinski definition) is 2. The Morgan fingerprint density at radius 1 is 1.32 bits per heavy atom. The summed E-state index contributed by atoms with van der Waals surface area (Å²) < 4.78 is 32.7. The van der Waals surface area contributed by atoms with Crippen LogP contribution in [0.5, 0.6) is 5.75 Å². The summed E-state index contributed by atoms with van der Waals surface area (Å²) in [5.41, 5.74) is 4.10. The van der Waals surface area contributed by atoms with E-state index < -0.39 is 18.6 Å². The molecule has 0 radical (unpaired) electrons. The van der Waals surface area contributed by atoms with Crippen LogP contribution in [0.25, 0.3) is 0 Å². The van der Waals surface area contributed by atoms with Crippen LogP contribution < -0.4 is 15.6 Å².